The van der Waals surface area contributed by atoms with E-state index in [0.717, 1.165) is 44.0 Å². The molecule has 0 aliphatic carbocycles. The molecule has 1 aromatic rings. The van der Waals surface area contributed by atoms with Crippen molar-refractivity contribution < 1.29 is 14.3 Å². The second kappa shape index (κ2) is 6.29. The molecule has 0 N–H and O–H groups in total. The topological polar surface area (TPSA) is 46.6 Å². The zero-order chi connectivity index (χ0) is 14.7. The summed E-state index contributed by atoms with van der Waals surface area (Å²) in [5.74, 6) is 0.110. The van der Waals surface area contributed by atoms with Crippen LogP contribution in [0.1, 0.15) is 37.7 Å². The van der Waals surface area contributed by atoms with Crippen LogP contribution in [-0.2, 0) is 16.1 Å². The molecular formula is C17H21NO3. The lowest BCUT2D eigenvalue weighted by Gasteiger charge is -2.47. The first-order chi connectivity index (χ1) is 10.3. The summed E-state index contributed by atoms with van der Waals surface area (Å²) in [6, 6.07) is 10.1. The Balaban J connectivity index is 1.63. The Bertz CT molecular complexity index is 488. The van der Waals surface area contributed by atoms with Gasteiger partial charge in [0.15, 0.2) is 0 Å². The summed E-state index contributed by atoms with van der Waals surface area (Å²) in [6.45, 7) is 0.312. The molecule has 1 amide bonds. The number of fused-ring (bicyclic) bond motifs is 2. The molecule has 2 unspecified atom stereocenters. The fourth-order valence-corrected chi connectivity index (χ4v) is 3.63. The molecule has 0 spiro atoms. The van der Waals surface area contributed by atoms with Gasteiger partial charge in [-0.2, -0.15) is 0 Å². The molecule has 2 atom stereocenters. The average Bonchev–Trinajstić information content (AvgIpc) is 2.52. The first-order valence-electron chi connectivity index (χ1n) is 7.72. The fraction of sp³-hybridized carbons (Fsp3) is 0.529. The van der Waals surface area contributed by atoms with Crippen molar-refractivity contribution >= 4 is 12.4 Å². The van der Waals surface area contributed by atoms with Crippen molar-refractivity contribution in [3.63, 3.8) is 0 Å². The molecule has 0 radical (unpaired) electrons. The van der Waals surface area contributed by atoms with Crippen LogP contribution in [0.15, 0.2) is 30.3 Å². The van der Waals surface area contributed by atoms with Gasteiger partial charge in [-0.05, 0) is 37.7 Å². The van der Waals surface area contributed by atoms with E-state index in [-0.39, 0.29) is 24.1 Å². The molecule has 2 fully saturated rings. The van der Waals surface area contributed by atoms with Crippen molar-refractivity contribution in [3.05, 3.63) is 35.9 Å². The number of benzene rings is 1. The van der Waals surface area contributed by atoms with Gasteiger partial charge in [0.25, 0.3) is 0 Å². The molecular weight excluding hydrogens is 266 g/mol. The molecule has 2 bridgehead atoms. The molecule has 4 heteroatoms. The van der Waals surface area contributed by atoms with Crippen LogP contribution in [-0.4, -0.2) is 29.4 Å². The summed E-state index contributed by atoms with van der Waals surface area (Å²) in [7, 11) is 0. The molecule has 0 saturated carbocycles. The minimum atomic E-state index is -0.224. The maximum absolute atomic E-state index is 12.4. The molecule has 1 aromatic carbocycles. The molecule has 0 aromatic heterocycles. The molecule has 3 rings (SSSR count). The number of amides is 1. The highest BCUT2D eigenvalue weighted by Gasteiger charge is 2.41. The minimum Gasteiger partial charge on any atom is -0.445 e. The third-order valence-electron chi connectivity index (χ3n) is 4.62. The third kappa shape index (κ3) is 3.09. The van der Waals surface area contributed by atoms with E-state index < -0.39 is 0 Å². The standard InChI is InChI=1S/C17H21NO3/c19-11-14-9-15-7-4-8-16(10-14)18(15)17(20)21-12-13-5-2-1-3-6-13/h1-3,5-6,11,14-16H,4,7-10,12H2. The number of hydrogen-bond acceptors (Lipinski definition) is 3. The highest BCUT2D eigenvalue weighted by atomic mass is 16.6. The fourth-order valence-electron chi connectivity index (χ4n) is 3.63. The second-order valence-electron chi connectivity index (χ2n) is 6.05. The maximum atomic E-state index is 12.4. The van der Waals surface area contributed by atoms with Gasteiger partial charge >= 0.3 is 6.09 Å². The van der Waals surface area contributed by atoms with Gasteiger partial charge < -0.3 is 14.4 Å². The second-order valence-corrected chi connectivity index (χ2v) is 6.05. The molecule has 2 heterocycles. The quantitative estimate of drug-likeness (QED) is 0.802. The van der Waals surface area contributed by atoms with Crippen molar-refractivity contribution in [1.82, 2.24) is 4.90 Å². The van der Waals surface area contributed by atoms with Crippen molar-refractivity contribution in [2.24, 2.45) is 5.92 Å². The van der Waals surface area contributed by atoms with E-state index in [1.54, 1.807) is 0 Å². The zero-order valence-corrected chi connectivity index (χ0v) is 12.1. The van der Waals surface area contributed by atoms with Crippen LogP contribution < -0.4 is 0 Å². The number of hydrogen-bond donors (Lipinski definition) is 0. The van der Waals surface area contributed by atoms with Crippen molar-refractivity contribution in [1.29, 1.82) is 0 Å². The van der Waals surface area contributed by atoms with Crippen LogP contribution >= 0.6 is 0 Å². The average molecular weight is 287 g/mol. The van der Waals surface area contributed by atoms with Gasteiger partial charge in [0.05, 0.1) is 0 Å². The summed E-state index contributed by atoms with van der Waals surface area (Å²) in [5, 5.41) is 0. The molecule has 2 aliphatic heterocycles. The number of ether oxygens (including phenoxy) is 1. The maximum Gasteiger partial charge on any atom is 0.410 e. The summed E-state index contributed by atoms with van der Waals surface area (Å²) < 4.78 is 5.47. The van der Waals surface area contributed by atoms with Crippen molar-refractivity contribution in [2.75, 3.05) is 0 Å². The lowest BCUT2D eigenvalue weighted by Crippen LogP contribution is -2.55. The van der Waals surface area contributed by atoms with Gasteiger partial charge in [0, 0.05) is 18.0 Å². The molecule has 112 valence electrons. The van der Waals surface area contributed by atoms with Gasteiger partial charge in [0.1, 0.15) is 12.9 Å². The number of carbonyl (C=O) groups excluding carboxylic acids is 2. The van der Waals surface area contributed by atoms with Gasteiger partial charge in [-0.25, -0.2) is 4.79 Å². The van der Waals surface area contributed by atoms with E-state index in [2.05, 4.69) is 0 Å². The minimum absolute atomic E-state index is 0.110. The van der Waals surface area contributed by atoms with E-state index in [9.17, 15) is 9.59 Å². The molecule has 2 aliphatic rings. The van der Waals surface area contributed by atoms with Gasteiger partial charge in [0.2, 0.25) is 0 Å². The summed E-state index contributed by atoms with van der Waals surface area (Å²) in [6.07, 6.45) is 5.53. The SMILES string of the molecule is O=CC1CC2CCCC(C1)N2C(=O)OCc1ccccc1. The number of piperidine rings is 2. The number of aldehydes is 1. The lowest BCUT2D eigenvalue weighted by atomic mass is 9.79. The van der Waals surface area contributed by atoms with Crippen LogP contribution in [0, 0.1) is 5.92 Å². The smallest absolute Gasteiger partial charge is 0.410 e. The highest BCUT2D eigenvalue weighted by molar-refractivity contribution is 5.69. The molecule has 2 saturated heterocycles. The Morgan fingerprint density at radius 2 is 1.86 bits per heavy atom. The first kappa shape index (κ1) is 14.1. The largest absolute Gasteiger partial charge is 0.445 e. The normalized spacial score (nSPS) is 28.0. The molecule has 21 heavy (non-hydrogen) atoms. The summed E-state index contributed by atoms with van der Waals surface area (Å²) in [4.78, 5) is 25.3. The Morgan fingerprint density at radius 3 is 2.48 bits per heavy atom. The highest BCUT2D eigenvalue weighted by Crippen LogP contribution is 2.36. The van der Waals surface area contributed by atoms with Crippen LogP contribution in [0.2, 0.25) is 0 Å². The van der Waals surface area contributed by atoms with E-state index >= 15 is 0 Å². The number of nitrogens with zero attached hydrogens (tertiary/aromatic N) is 1. The van der Waals surface area contributed by atoms with E-state index in [0.29, 0.717) is 6.61 Å². The van der Waals surface area contributed by atoms with Crippen LogP contribution in [0.3, 0.4) is 0 Å². The Morgan fingerprint density at radius 1 is 1.19 bits per heavy atom. The Kier molecular flexibility index (Phi) is 4.23. The van der Waals surface area contributed by atoms with E-state index in [1.807, 2.05) is 35.2 Å². The zero-order valence-electron chi connectivity index (χ0n) is 12.1. The monoisotopic (exact) mass is 287 g/mol. The third-order valence-corrected chi connectivity index (χ3v) is 4.62. The first-order valence-corrected chi connectivity index (χ1v) is 7.72. The Hall–Kier alpha value is -1.84. The Labute approximate surface area is 125 Å². The molecule has 4 nitrogen and oxygen atoms in total. The predicted molar refractivity (Wildman–Crippen MR) is 78.7 cm³/mol. The van der Waals surface area contributed by atoms with Crippen LogP contribution in [0.4, 0.5) is 4.79 Å². The van der Waals surface area contributed by atoms with Crippen LogP contribution in [0.25, 0.3) is 0 Å². The summed E-state index contributed by atoms with van der Waals surface area (Å²) >= 11 is 0. The van der Waals surface area contributed by atoms with Crippen molar-refractivity contribution in [3.8, 4) is 0 Å². The van der Waals surface area contributed by atoms with Gasteiger partial charge in [-0.1, -0.05) is 30.3 Å². The lowest BCUT2D eigenvalue weighted by molar-refractivity contribution is -0.114. The number of rotatable bonds is 3. The van der Waals surface area contributed by atoms with Gasteiger partial charge in [-0.3, -0.25) is 0 Å². The number of carbonyl (C=O) groups is 2. The van der Waals surface area contributed by atoms with Gasteiger partial charge in [-0.15, -0.1) is 0 Å². The predicted octanol–water partition coefficient (Wildman–Crippen LogP) is 3.16. The van der Waals surface area contributed by atoms with E-state index in [4.69, 9.17) is 4.74 Å². The van der Waals surface area contributed by atoms with E-state index in [1.165, 1.54) is 0 Å². The van der Waals surface area contributed by atoms with Crippen LogP contribution in [0.5, 0.6) is 0 Å². The van der Waals surface area contributed by atoms with Crippen molar-refractivity contribution in [2.45, 2.75) is 50.8 Å². The summed E-state index contributed by atoms with van der Waals surface area (Å²) in [5.41, 5.74) is 0.999.